The summed E-state index contributed by atoms with van der Waals surface area (Å²) in [5.41, 5.74) is 0. The van der Waals surface area contributed by atoms with E-state index in [1.807, 2.05) is 0 Å². The first-order valence-electron chi connectivity index (χ1n) is 22.7. The number of hydrogen-bond acceptors (Lipinski definition) is 13. The SMILES string of the molecule is CCCCCCCCCC#CC#CCCCCCCCCC(=O)NCCNc1nc(N2CCNCCNCCNCC2)nc(N2CCNCCNCCNCC2)n1. The topological polar surface area (TPSA) is 158 Å². The Hall–Kier alpha value is -3.24. The number of rotatable bonds is 21. The second-order valence-corrected chi connectivity index (χ2v) is 15.1. The maximum atomic E-state index is 12.6. The van der Waals surface area contributed by atoms with Crippen LogP contribution in [-0.4, -0.2) is 139 Å². The fourth-order valence-electron chi connectivity index (χ4n) is 6.71. The molecular formula is C43H79N13O. The molecule has 0 aliphatic carbocycles. The Balaban J connectivity index is 1.38. The molecule has 3 heterocycles. The fraction of sp³-hybridized carbons (Fsp3) is 0.814. The van der Waals surface area contributed by atoms with E-state index in [0.717, 1.165) is 143 Å². The van der Waals surface area contributed by atoms with Crippen molar-refractivity contribution >= 4 is 23.8 Å². The van der Waals surface area contributed by atoms with Crippen LogP contribution in [0.1, 0.15) is 110 Å². The molecule has 1 amide bonds. The van der Waals surface area contributed by atoms with Gasteiger partial charge in [-0.1, -0.05) is 83.0 Å². The summed E-state index contributed by atoms with van der Waals surface area (Å²) < 4.78 is 0. The van der Waals surface area contributed by atoms with Gasteiger partial charge in [0.15, 0.2) is 0 Å². The zero-order valence-corrected chi connectivity index (χ0v) is 35.7. The highest BCUT2D eigenvalue weighted by molar-refractivity contribution is 5.75. The van der Waals surface area contributed by atoms with Crippen LogP contribution in [0, 0.1) is 23.7 Å². The Labute approximate surface area is 346 Å². The molecule has 0 radical (unpaired) electrons. The highest BCUT2D eigenvalue weighted by Crippen LogP contribution is 2.17. The van der Waals surface area contributed by atoms with Gasteiger partial charge in [-0.25, -0.2) is 0 Å². The van der Waals surface area contributed by atoms with E-state index < -0.39 is 0 Å². The highest BCUT2D eigenvalue weighted by Gasteiger charge is 2.18. The number of anilines is 3. The first-order chi connectivity index (χ1) is 28.3. The summed E-state index contributed by atoms with van der Waals surface area (Å²) in [4.78, 5) is 32.0. The third kappa shape index (κ3) is 25.7. The van der Waals surface area contributed by atoms with Crippen LogP contribution in [0.5, 0.6) is 0 Å². The van der Waals surface area contributed by atoms with Gasteiger partial charge in [0.1, 0.15) is 0 Å². The fourth-order valence-corrected chi connectivity index (χ4v) is 6.71. The van der Waals surface area contributed by atoms with Crippen molar-refractivity contribution in [2.45, 2.75) is 110 Å². The van der Waals surface area contributed by atoms with E-state index in [4.69, 9.17) is 15.0 Å². The molecule has 0 saturated carbocycles. The number of nitrogens with one attached hydrogen (secondary N) is 8. The lowest BCUT2D eigenvalue weighted by molar-refractivity contribution is -0.121. The molecule has 1 aromatic heterocycles. The number of amides is 1. The third-order valence-corrected chi connectivity index (χ3v) is 10.2. The zero-order chi connectivity index (χ0) is 40.1. The highest BCUT2D eigenvalue weighted by atomic mass is 16.1. The molecule has 0 unspecified atom stereocenters. The van der Waals surface area contributed by atoms with Crippen molar-refractivity contribution in [3.05, 3.63) is 0 Å². The first kappa shape index (κ1) is 48.1. The van der Waals surface area contributed by atoms with Crippen LogP contribution in [0.25, 0.3) is 0 Å². The van der Waals surface area contributed by atoms with Gasteiger partial charge in [0.05, 0.1) is 0 Å². The minimum atomic E-state index is 0.0984. The Morgan fingerprint density at radius 2 is 0.930 bits per heavy atom. The minimum absolute atomic E-state index is 0.0984. The second-order valence-electron chi connectivity index (χ2n) is 15.1. The summed E-state index contributed by atoms with van der Waals surface area (Å²) in [5, 5.41) is 27.6. The molecule has 2 aliphatic rings. The van der Waals surface area contributed by atoms with Crippen molar-refractivity contribution in [2.24, 2.45) is 0 Å². The lowest BCUT2D eigenvalue weighted by Crippen LogP contribution is -2.43. The van der Waals surface area contributed by atoms with Crippen LogP contribution in [0.15, 0.2) is 0 Å². The maximum Gasteiger partial charge on any atom is 0.232 e. The molecule has 1 aromatic rings. The van der Waals surface area contributed by atoms with Crippen LogP contribution in [-0.2, 0) is 4.79 Å². The molecule has 3 rings (SSSR count). The van der Waals surface area contributed by atoms with Crippen molar-refractivity contribution in [3.63, 3.8) is 0 Å². The van der Waals surface area contributed by atoms with Gasteiger partial charge in [-0.05, 0) is 31.1 Å². The Morgan fingerprint density at radius 3 is 1.39 bits per heavy atom. The van der Waals surface area contributed by atoms with E-state index in [1.54, 1.807) is 0 Å². The van der Waals surface area contributed by atoms with Gasteiger partial charge in [-0.15, -0.1) is 0 Å². The molecule has 0 atom stereocenters. The monoisotopic (exact) mass is 794 g/mol. The molecule has 0 bridgehead atoms. The van der Waals surface area contributed by atoms with E-state index in [2.05, 4.69) is 82.9 Å². The Kier molecular flexibility index (Phi) is 29.4. The predicted octanol–water partition coefficient (Wildman–Crippen LogP) is 2.85. The van der Waals surface area contributed by atoms with E-state index in [-0.39, 0.29) is 5.91 Å². The molecule has 14 heteroatoms. The van der Waals surface area contributed by atoms with Crippen LogP contribution in [0.2, 0.25) is 0 Å². The summed E-state index contributed by atoms with van der Waals surface area (Å²) in [6.45, 7) is 17.3. The maximum absolute atomic E-state index is 12.6. The quantitative estimate of drug-likeness (QED) is 0.0680. The largest absolute Gasteiger partial charge is 0.354 e. The first-order valence-corrected chi connectivity index (χ1v) is 22.7. The van der Waals surface area contributed by atoms with Gasteiger partial charge in [0, 0.05) is 137 Å². The van der Waals surface area contributed by atoms with Gasteiger partial charge >= 0.3 is 0 Å². The number of aromatic nitrogens is 3. The van der Waals surface area contributed by atoms with Crippen molar-refractivity contribution in [2.75, 3.05) is 133 Å². The third-order valence-electron chi connectivity index (χ3n) is 10.2. The van der Waals surface area contributed by atoms with Crippen molar-refractivity contribution in [1.29, 1.82) is 0 Å². The van der Waals surface area contributed by atoms with Gasteiger partial charge in [0.25, 0.3) is 0 Å². The predicted molar refractivity (Wildman–Crippen MR) is 238 cm³/mol. The number of nitrogens with zero attached hydrogens (tertiary/aromatic N) is 5. The van der Waals surface area contributed by atoms with Crippen LogP contribution in [0.4, 0.5) is 17.8 Å². The summed E-state index contributed by atoms with van der Waals surface area (Å²) >= 11 is 0. The molecule has 322 valence electrons. The Morgan fingerprint density at radius 1 is 0.526 bits per heavy atom. The van der Waals surface area contributed by atoms with E-state index >= 15 is 0 Å². The van der Waals surface area contributed by atoms with Crippen LogP contribution >= 0.6 is 0 Å². The van der Waals surface area contributed by atoms with Gasteiger partial charge < -0.3 is 52.3 Å². The lowest BCUT2D eigenvalue weighted by atomic mass is 10.1. The number of carbonyl (C=O) groups is 1. The van der Waals surface area contributed by atoms with Crippen molar-refractivity contribution < 1.29 is 4.79 Å². The van der Waals surface area contributed by atoms with Crippen LogP contribution in [0.3, 0.4) is 0 Å². The average molecular weight is 794 g/mol. The zero-order valence-electron chi connectivity index (χ0n) is 35.7. The summed E-state index contributed by atoms with van der Waals surface area (Å²) in [6, 6.07) is 0. The molecule has 2 fully saturated rings. The molecule has 2 saturated heterocycles. The van der Waals surface area contributed by atoms with E-state index in [9.17, 15) is 4.79 Å². The van der Waals surface area contributed by atoms with E-state index in [1.165, 1.54) is 57.8 Å². The van der Waals surface area contributed by atoms with Crippen molar-refractivity contribution in [1.82, 2.24) is 52.2 Å². The molecule has 0 aromatic carbocycles. The lowest BCUT2D eigenvalue weighted by Gasteiger charge is -2.28. The molecular weight excluding hydrogens is 715 g/mol. The number of carbonyl (C=O) groups excluding carboxylic acids is 1. The molecule has 8 N–H and O–H groups in total. The molecule has 14 nitrogen and oxygen atoms in total. The minimum Gasteiger partial charge on any atom is -0.354 e. The molecule has 57 heavy (non-hydrogen) atoms. The molecule has 0 spiro atoms. The normalized spacial score (nSPS) is 16.6. The van der Waals surface area contributed by atoms with Gasteiger partial charge in [0.2, 0.25) is 23.8 Å². The summed E-state index contributed by atoms with van der Waals surface area (Å²) in [6.07, 6.45) is 18.4. The summed E-state index contributed by atoms with van der Waals surface area (Å²) in [5.74, 6) is 14.5. The van der Waals surface area contributed by atoms with E-state index in [0.29, 0.717) is 37.4 Å². The standard InChI is InChI=1S/C43H79N13O/c1-2-3-4-5-6-7-8-9-10-11-12-13-14-15-16-17-18-19-20-21-40(57)50-30-31-51-41-52-42(55-36-32-46-26-22-44-23-27-47-33-37-55)54-43(53-41)56-38-34-48-28-24-45-25-29-49-35-39-56/h44-49H,2-9,14-39H2,1H3,(H,50,57)(H,51,52,53,54). The van der Waals surface area contributed by atoms with Crippen molar-refractivity contribution in [3.8, 4) is 23.7 Å². The number of hydrogen-bond donors (Lipinski definition) is 8. The van der Waals surface area contributed by atoms with Gasteiger partial charge in [-0.3, -0.25) is 4.79 Å². The smallest absolute Gasteiger partial charge is 0.232 e. The number of unbranched alkanes of at least 4 members (excludes halogenated alkanes) is 13. The van der Waals surface area contributed by atoms with Gasteiger partial charge in [-0.2, -0.15) is 15.0 Å². The average Bonchev–Trinajstić information content (AvgIpc) is 3.21. The molecule has 2 aliphatic heterocycles. The second kappa shape index (κ2) is 34.8. The Bertz CT molecular complexity index is 1200. The summed E-state index contributed by atoms with van der Waals surface area (Å²) in [7, 11) is 0. The van der Waals surface area contributed by atoms with Crippen LogP contribution < -0.4 is 52.3 Å².